The maximum absolute atomic E-state index is 13.4. The standard InChI is InChI=1S/C27H39N3O5S/c1-6-21(3)28-27(32)25(7-2)30(20-22-13-11-14-23(19-22)35-5)26(31)17-12-18-29(4)36(33,34)24-15-9-8-10-16-24/h8-11,13-16,19,21,25H,6-7,12,17-18,20H2,1-5H3,(H,28,32)/t21-,25+/m1/s1. The molecule has 2 aromatic carbocycles. The molecular formula is C27H39N3O5S. The zero-order valence-electron chi connectivity index (χ0n) is 21.9. The molecule has 2 atom stereocenters. The molecule has 0 bridgehead atoms. The average molecular weight is 518 g/mol. The highest BCUT2D eigenvalue weighted by atomic mass is 32.2. The van der Waals surface area contributed by atoms with Gasteiger partial charge in [-0.2, -0.15) is 0 Å². The Labute approximate surface area is 215 Å². The molecule has 2 amide bonds. The van der Waals surface area contributed by atoms with E-state index in [4.69, 9.17) is 4.74 Å². The Morgan fingerprint density at radius 3 is 2.33 bits per heavy atom. The summed E-state index contributed by atoms with van der Waals surface area (Å²) in [6.45, 7) is 6.24. The lowest BCUT2D eigenvalue weighted by Gasteiger charge is -2.31. The fourth-order valence-corrected chi connectivity index (χ4v) is 5.05. The summed E-state index contributed by atoms with van der Waals surface area (Å²) in [6, 6.07) is 15.0. The molecule has 0 heterocycles. The molecule has 2 aromatic rings. The molecule has 0 spiro atoms. The van der Waals surface area contributed by atoms with Crippen molar-refractivity contribution in [2.45, 2.75) is 70.0 Å². The van der Waals surface area contributed by atoms with E-state index in [-0.39, 0.29) is 42.3 Å². The van der Waals surface area contributed by atoms with Crippen LogP contribution in [0.5, 0.6) is 5.75 Å². The smallest absolute Gasteiger partial charge is 0.243 e. The van der Waals surface area contributed by atoms with Gasteiger partial charge in [0, 0.05) is 32.6 Å². The predicted octanol–water partition coefficient (Wildman–Crippen LogP) is 3.82. The Hall–Kier alpha value is -2.91. The number of ether oxygens (including phenoxy) is 1. The number of hydrogen-bond donors (Lipinski definition) is 1. The number of carbonyl (C=O) groups is 2. The minimum absolute atomic E-state index is 0.00263. The van der Waals surface area contributed by atoms with Crippen LogP contribution in [-0.2, 0) is 26.2 Å². The SMILES string of the molecule is CC[C@@H](C)NC(=O)[C@H](CC)N(Cc1cccc(OC)c1)C(=O)CCCN(C)S(=O)(=O)c1ccccc1. The molecule has 0 radical (unpaired) electrons. The van der Waals surface area contributed by atoms with Crippen LogP contribution in [0.4, 0.5) is 0 Å². The van der Waals surface area contributed by atoms with Crippen LogP contribution in [0.15, 0.2) is 59.5 Å². The topological polar surface area (TPSA) is 96.0 Å². The Morgan fingerprint density at radius 1 is 1.03 bits per heavy atom. The summed E-state index contributed by atoms with van der Waals surface area (Å²) in [5.41, 5.74) is 0.848. The van der Waals surface area contributed by atoms with Crippen molar-refractivity contribution in [2.24, 2.45) is 0 Å². The van der Waals surface area contributed by atoms with Gasteiger partial charge < -0.3 is 15.0 Å². The summed E-state index contributed by atoms with van der Waals surface area (Å²) < 4.78 is 32.1. The van der Waals surface area contributed by atoms with E-state index in [9.17, 15) is 18.0 Å². The maximum atomic E-state index is 13.4. The minimum atomic E-state index is -3.63. The number of hydrogen-bond acceptors (Lipinski definition) is 5. The monoisotopic (exact) mass is 517 g/mol. The molecule has 0 aromatic heterocycles. The van der Waals surface area contributed by atoms with Gasteiger partial charge in [-0.3, -0.25) is 9.59 Å². The third kappa shape index (κ3) is 8.06. The fraction of sp³-hybridized carbons (Fsp3) is 0.481. The molecule has 36 heavy (non-hydrogen) atoms. The number of sulfonamides is 1. The van der Waals surface area contributed by atoms with E-state index in [1.165, 1.54) is 11.4 Å². The van der Waals surface area contributed by atoms with Crippen molar-refractivity contribution in [1.29, 1.82) is 0 Å². The van der Waals surface area contributed by atoms with Gasteiger partial charge in [0.1, 0.15) is 11.8 Å². The largest absolute Gasteiger partial charge is 0.497 e. The van der Waals surface area contributed by atoms with Crippen LogP contribution in [-0.4, -0.2) is 62.2 Å². The number of methoxy groups -OCH3 is 1. The second-order valence-electron chi connectivity index (χ2n) is 8.86. The quantitative estimate of drug-likeness (QED) is 0.411. The number of carbonyl (C=O) groups excluding carboxylic acids is 2. The van der Waals surface area contributed by atoms with Gasteiger partial charge in [-0.25, -0.2) is 12.7 Å². The highest BCUT2D eigenvalue weighted by Crippen LogP contribution is 2.19. The van der Waals surface area contributed by atoms with Crippen LogP contribution in [0.3, 0.4) is 0 Å². The van der Waals surface area contributed by atoms with Gasteiger partial charge >= 0.3 is 0 Å². The van der Waals surface area contributed by atoms with Crippen LogP contribution in [0.25, 0.3) is 0 Å². The van der Waals surface area contributed by atoms with E-state index in [1.807, 2.05) is 45.0 Å². The Kier molecular flexibility index (Phi) is 11.4. The first-order valence-corrected chi connectivity index (χ1v) is 13.8. The summed E-state index contributed by atoms with van der Waals surface area (Å²) in [5, 5.41) is 2.99. The molecule has 2 rings (SSSR count). The van der Waals surface area contributed by atoms with Crippen LogP contribution in [0.2, 0.25) is 0 Å². The number of nitrogens with one attached hydrogen (secondary N) is 1. The van der Waals surface area contributed by atoms with E-state index in [2.05, 4.69) is 5.32 Å². The molecule has 0 aliphatic heterocycles. The fourth-order valence-electron chi connectivity index (χ4n) is 3.82. The van der Waals surface area contributed by atoms with Crippen molar-refractivity contribution in [3.8, 4) is 5.75 Å². The summed E-state index contributed by atoms with van der Waals surface area (Å²) in [5.74, 6) is 0.283. The average Bonchev–Trinajstić information content (AvgIpc) is 2.88. The van der Waals surface area contributed by atoms with Crippen molar-refractivity contribution in [2.75, 3.05) is 20.7 Å². The lowest BCUT2D eigenvalue weighted by atomic mass is 10.1. The second-order valence-corrected chi connectivity index (χ2v) is 10.9. The van der Waals surface area contributed by atoms with E-state index in [0.29, 0.717) is 18.6 Å². The minimum Gasteiger partial charge on any atom is -0.497 e. The summed E-state index contributed by atoms with van der Waals surface area (Å²) in [7, 11) is -0.545. The van der Waals surface area contributed by atoms with Gasteiger partial charge in [0.15, 0.2) is 0 Å². The summed E-state index contributed by atoms with van der Waals surface area (Å²) in [6.07, 6.45) is 1.69. The molecule has 0 unspecified atom stereocenters. The van der Waals surface area contributed by atoms with Crippen molar-refractivity contribution < 1.29 is 22.7 Å². The van der Waals surface area contributed by atoms with Crippen LogP contribution >= 0.6 is 0 Å². The molecule has 0 aliphatic carbocycles. The second kappa shape index (κ2) is 14.0. The molecule has 0 saturated heterocycles. The van der Waals surface area contributed by atoms with Gasteiger partial charge in [-0.1, -0.05) is 44.2 Å². The third-order valence-corrected chi connectivity index (χ3v) is 8.06. The normalized spacial score (nSPS) is 13.2. The van der Waals surface area contributed by atoms with Gasteiger partial charge in [0.05, 0.1) is 12.0 Å². The molecule has 0 aliphatic rings. The van der Waals surface area contributed by atoms with Gasteiger partial charge in [0.25, 0.3) is 0 Å². The van der Waals surface area contributed by atoms with E-state index < -0.39 is 16.1 Å². The first-order chi connectivity index (χ1) is 17.1. The number of rotatable bonds is 14. The van der Waals surface area contributed by atoms with Gasteiger partial charge in [0.2, 0.25) is 21.8 Å². The van der Waals surface area contributed by atoms with Crippen molar-refractivity contribution in [3.63, 3.8) is 0 Å². The molecule has 9 heteroatoms. The number of benzene rings is 2. The number of amides is 2. The van der Waals surface area contributed by atoms with Crippen molar-refractivity contribution >= 4 is 21.8 Å². The highest BCUT2D eigenvalue weighted by molar-refractivity contribution is 7.89. The molecule has 198 valence electrons. The summed E-state index contributed by atoms with van der Waals surface area (Å²) >= 11 is 0. The van der Waals surface area contributed by atoms with Gasteiger partial charge in [-0.05, 0) is 56.0 Å². The van der Waals surface area contributed by atoms with E-state index >= 15 is 0 Å². The Morgan fingerprint density at radius 2 is 1.72 bits per heavy atom. The van der Waals surface area contributed by atoms with Crippen LogP contribution < -0.4 is 10.1 Å². The predicted molar refractivity (Wildman–Crippen MR) is 141 cm³/mol. The molecule has 0 saturated carbocycles. The van der Waals surface area contributed by atoms with Crippen LogP contribution in [0, 0.1) is 0 Å². The van der Waals surface area contributed by atoms with Crippen LogP contribution in [0.1, 0.15) is 52.0 Å². The zero-order chi connectivity index (χ0) is 26.7. The lowest BCUT2D eigenvalue weighted by molar-refractivity contribution is -0.141. The highest BCUT2D eigenvalue weighted by Gasteiger charge is 2.29. The lowest BCUT2D eigenvalue weighted by Crippen LogP contribution is -2.50. The third-order valence-electron chi connectivity index (χ3n) is 6.19. The van der Waals surface area contributed by atoms with Crippen molar-refractivity contribution in [1.82, 2.24) is 14.5 Å². The number of nitrogens with zero attached hydrogens (tertiary/aromatic N) is 2. The zero-order valence-corrected chi connectivity index (χ0v) is 22.8. The van der Waals surface area contributed by atoms with E-state index in [1.54, 1.807) is 42.3 Å². The first-order valence-electron chi connectivity index (χ1n) is 12.4. The molecular weight excluding hydrogens is 478 g/mol. The molecule has 0 fully saturated rings. The maximum Gasteiger partial charge on any atom is 0.243 e. The van der Waals surface area contributed by atoms with Gasteiger partial charge in [-0.15, -0.1) is 0 Å². The van der Waals surface area contributed by atoms with E-state index in [0.717, 1.165) is 12.0 Å². The Bertz CT molecular complexity index is 1090. The van der Waals surface area contributed by atoms with Crippen molar-refractivity contribution in [3.05, 3.63) is 60.2 Å². The molecule has 1 N–H and O–H groups in total. The summed E-state index contributed by atoms with van der Waals surface area (Å²) in [4.78, 5) is 28.3. The first kappa shape index (κ1) is 29.3. The molecule has 8 nitrogen and oxygen atoms in total. The Balaban J connectivity index is 2.16.